The minimum Gasteiger partial charge on any atom is -0.370 e. The van der Waals surface area contributed by atoms with Gasteiger partial charge in [-0.05, 0) is 13.3 Å². The third kappa shape index (κ3) is 4.76. The standard InChI is InChI=1S/C13H23N3O4S/c1-3-5-11(19-4-2)13-15-12(20-16-13)8-10-9-21(17,18)7-6-14-10/h10-11,14H,3-9H2,1-2H3. The number of hydrogen-bond donors (Lipinski definition) is 1. The Bertz CT molecular complexity index is 537. The van der Waals surface area contributed by atoms with Crippen molar-refractivity contribution >= 4 is 9.84 Å². The summed E-state index contributed by atoms with van der Waals surface area (Å²) in [5, 5.41) is 7.14. The molecule has 120 valence electrons. The highest BCUT2D eigenvalue weighted by molar-refractivity contribution is 7.91. The van der Waals surface area contributed by atoms with Gasteiger partial charge in [0.1, 0.15) is 6.10 Å². The Balaban J connectivity index is 1.99. The van der Waals surface area contributed by atoms with E-state index in [0.717, 1.165) is 12.8 Å². The van der Waals surface area contributed by atoms with Crippen LogP contribution in [0.25, 0.3) is 0 Å². The average Bonchev–Trinajstić information content (AvgIpc) is 2.85. The van der Waals surface area contributed by atoms with Crippen molar-refractivity contribution in [3.8, 4) is 0 Å². The van der Waals surface area contributed by atoms with Crippen LogP contribution in [0.3, 0.4) is 0 Å². The first-order valence-electron chi connectivity index (χ1n) is 7.42. The normalized spacial score (nSPS) is 23.0. The van der Waals surface area contributed by atoms with Crippen molar-refractivity contribution in [1.82, 2.24) is 15.5 Å². The first-order chi connectivity index (χ1) is 10.0. The monoisotopic (exact) mass is 317 g/mol. The molecule has 1 aliphatic rings. The van der Waals surface area contributed by atoms with Crippen LogP contribution in [0.2, 0.25) is 0 Å². The molecule has 0 aromatic carbocycles. The van der Waals surface area contributed by atoms with Crippen LogP contribution in [0.15, 0.2) is 4.52 Å². The summed E-state index contributed by atoms with van der Waals surface area (Å²) >= 11 is 0. The van der Waals surface area contributed by atoms with Crippen molar-refractivity contribution in [1.29, 1.82) is 0 Å². The molecule has 1 aliphatic heterocycles. The van der Waals surface area contributed by atoms with E-state index in [9.17, 15) is 8.42 Å². The molecule has 2 heterocycles. The molecule has 0 saturated carbocycles. The van der Waals surface area contributed by atoms with Crippen molar-refractivity contribution in [2.45, 2.75) is 45.3 Å². The summed E-state index contributed by atoms with van der Waals surface area (Å²) in [6.45, 7) is 5.08. The summed E-state index contributed by atoms with van der Waals surface area (Å²) < 4.78 is 34.1. The van der Waals surface area contributed by atoms with E-state index in [-0.39, 0.29) is 23.7 Å². The Hall–Kier alpha value is -0.990. The highest BCUT2D eigenvalue weighted by atomic mass is 32.2. The maximum absolute atomic E-state index is 11.6. The topological polar surface area (TPSA) is 94.3 Å². The minimum absolute atomic E-state index is 0.120. The van der Waals surface area contributed by atoms with Gasteiger partial charge in [0.05, 0.1) is 11.5 Å². The van der Waals surface area contributed by atoms with E-state index in [1.807, 2.05) is 6.92 Å². The Morgan fingerprint density at radius 1 is 1.48 bits per heavy atom. The third-order valence-corrected chi connectivity index (χ3v) is 5.15. The molecule has 1 saturated heterocycles. The molecule has 7 nitrogen and oxygen atoms in total. The van der Waals surface area contributed by atoms with E-state index in [4.69, 9.17) is 9.26 Å². The predicted molar refractivity (Wildman–Crippen MR) is 77.7 cm³/mol. The predicted octanol–water partition coefficient (Wildman–Crippen LogP) is 0.876. The summed E-state index contributed by atoms with van der Waals surface area (Å²) in [5.41, 5.74) is 0. The molecule has 0 amide bonds. The fourth-order valence-electron chi connectivity index (χ4n) is 2.44. The summed E-state index contributed by atoms with van der Waals surface area (Å²) in [7, 11) is -2.96. The number of hydrogen-bond acceptors (Lipinski definition) is 7. The molecule has 1 N–H and O–H groups in total. The van der Waals surface area contributed by atoms with Crippen LogP contribution in [0.5, 0.6) is 0 Å². The molecule has 0 spiro atoms. The van der Waals surface area contributed by atoms with Gasteiger partial charge in [0.2, 0.25) is 11.7 Å². The molecule has 2 unspecified atom stereocenters. The lowest BCUT2D eigenvalue weighted by Gasteiger charge is -2.22. The second-order valence-electron chi connectivity index (χ2n) is 5.25. The van der Waals surface area contributed by atoms with Crippen LogP contribution in [-0.2, 0) is 21.0 Å². The Morgan fingerprint density at radius 2 is 2.29 bits per heavy atom. The van der Waals surface area contributed by atoms with Gasteiger partial charge in [0, 0.05) is 25.6 Å². The molecule has 0 radical (unpaired) electrons. The Labute approximate surface area is 125 Å². The smallest absolute Gasteiger partial charge is 0.228 e. The second kappa shape index (κ2) is 7.33. The lowest BCUT2D eigenvalue weighted by atomic mass is 10.2. The summed E-state index contributed by atoms with van der Waals surface area (Å²) in [6, 6.07) is -0.159. The van der Waals surface area contributed by atoms with Gasteiger partial charge in [-0.1, -0.05) is 18.5 Å². The average molecular weight is 317 g/mol. The van der Waals surface area contributed by atoms with Crippen LogP contribution in [0.4, 0.5) is 0 Å². The molecule has 2 atom stereocenters. The molecule has 1 aromatic rings. The Kier molecular flexibility index (Phi) is 5.72. The van der Waals surface area contributed by atoms with Crippen molar-refractivity contribution in [3.63, 3.8) is 0 Å². The third-order valence-electron chi connectivity index (χ3n) is 3.41. The molecule has 0 aliphatic carbocycles. The van der Waals surface area contributed by atoms with Gasteiger partial charge in [-0.3, -0.25) is 0 Å². The van der Waals surface area contributed by atoms with Gasteiger partial charge in [0.25, 0.3) is 0 Å². The van der Waals surface area contributed by atoms with Crippen LogP contribution in [0.1, 0.15) is 44.5 Å². The minimum atomic E-state index is -2.96. The van der Waals surface area contributed by atoms with Crippen molar-refractivity contribution in [2.24, 2.45) is 0 Å². The SMILES string of the molecule is CCCC(OCC)c1noc(CC2CS(=O)(=O)CCN2)n1. The number of rotatable bonds is 7. The molecule has 8 heteroatoms. The number of aromatic nitrogens is 2. The van der Waals surface area contributed by atoms with E-state index in [0.29, 0.717) is 31.3 Å². The number of nitrogens with one attached hydrogen (secondary N) is 1. The van der Waals surface area contributed by atoms with E-state index in [2.05, 4.69) is 22.4 Å². The van der Waals surface area contributed by atoms with E-state index >= 15 is 0 Å². The zero-order valence-electron chi connectivity index (χ0n) is 12.5. The number of sulfone groups is 1. The first-order valence-corrected chi connectivity index (χ1v) is 9.24. The van der Waals surface area contributed by atoms with Gasteiger partial charge in [-0.15, -0.1) is 0 Å². The van der Waals surface area contributed by atoms with E-state index < -0.39 is 9.84 Å². The molecule has 2 rings (SSSR count). The van der Waals surface area contributed by atoms with Crippen molar-refractivity contribution in [3.05, 3.63) is 11.7 Å². The highest BCUT2D eigenvalue weighted by Crippen LogP contribution is 2.20. The zero-order valence-corrected chi connectivity index (χ0v) is 13.4. The molecule has 1 fully saturated rings. The first kappa shape index (κ1) is 16.4. The number of nitrogens with zero attached hydrogens (tertiary/aromatic N) is 2. The van der Waals surface area contributed by atoms with Gasteiger partial charge >= 0.3 is 0 Å². The quantitative estimate of drug-likeness (QED) is 0.797. The maximum atomic E-state index is 11.6. The maximum Gasteiger partial charge on any atom is 0.228 e. The van der Waals surface area contributed by atoms with Crippen LogP contribution in [-0.4, -0.2) is 49.3 Å². The van der Waals surface area contributed by atoms with Crippen LogP contribution < -0.4 is 5.32 Å². The zero-order chi connectivity index (χ0) is 15.3. The summed E-state index contributed by atoms with van der Waals surface area (Å²) in [5.74, 6) is 1.32. The fraction of sp³-hybridized carbons (Fsp3) is 0.846. The summed E-state index contributed by atoms with van der Waals surface area (Å²) in [4.78, 5) is 4.35. The van der Waals surface area contributed by atoms with Crippen LogP contribution >= 0.6 is 0 Å². The lowest BCUT2D eigenvalue weighted by Crippen LogP contribution is -2.46. The lowest BCUT2D eigenvalue weighted by molar-refractivity contribution is 0.0477. The van der Waals surface area contributed by atoms with Crippen LogP contribution in [0, 0.1) is 0 Å². The molecule has 21 heavy (non-hydrogen) atoms. The van der Waals surface area contributed by atoms with Gasteiger partial charge in [0.15, 0.2) is 9.84 Å². The molecular formula is C13H23N3O4S. The van der Waals surface area contributed by atoms with E-state index in [1.165, 1.54) is 0 Å². The second-order valence-corrected chi connectivity index (χ2v) is 7.48. The summed E-state index contributed by atoms with van der Waals surface area (Å²) in [6.07, 6.45) is 2.08. The molecule has 1 aromatic heterocycles. The largest absolute Gasteiger partial charge is 0.370 e. The number of ether oxygens (including phenoxy) is 1. The molecule has 0 bridgehead atoms. The van der Waals surface area contributed by atoms with Gasteiger partial charge in [-0.25, -0.2) is 8.42 Å². The van der Waals surface area contributed by atoms with Crippen molar-refractivity contribution < 1.29 is 17.7 Å². The highest BCUT2D eigenvalue weighted by Gasteiger charge is 2.26. The fourth-order valence-corrected chi connectivity index (χ4v) is 3.89. The van der Waals surface area contributed by atoms with E-state index in [1.54, 1.807) is 0 Å². The van der Waals surface area contributed by atoms with Crippen molar-refractivity contribution in [2.75, 3.05) is 24.7 Å². The molecular weight excluding hydrogens is 294 g/mol. The van der Waals surface area contributed by atoms with Gasteiger partial charge < -0.3 is 14.6 Å². The Morgan fingerprint density at radius 3 is 2.95 bits per heavy atom. The van der Waals surface area contributed by atoms with Gasteiger partial charge in [-0.2, -0.15) is 4.98 Å².